The van der Waals surface area contributed by atoms with Gasteiger partial charge in [-0.1, -0.05) is 19.1 Å². The summed E-state index contributed by atoms with van der Waals surface area (Å²) >= 11 is 0. The molecule has 1 aromatic rings. The van der Waals surface area contributed by atoms with Crippen LogP contribution in [0.2, 0.25) is 0 Å². The molecule has 1 atom stereocenters. The predicted octanol–water partition coefficient (Wildman–Crippen LogP) is 2.50. The first-order chi connectivity index (χ1) is 8.63. The third kappa shape index (κ3) is 2.61. The van der Waals surface area contributed by atoms with E-state index in [9.17, 15) is 0 Å². The molecular formula is C15H25N3. The summed E-state index contributed by atoms with van der Waals surface area (Å²) < 4.78 is 0. The highest BCUT2D eigenvalue weighted by Crippen LogP contribution is 2.27. The average Bonchev–Trinajstić information content (AvgIpc) is 2.79. The fourth-order valence-electron chi connectivity index (χ4n) is 2.93. The van der Waals surface area contributed by atoms with E-state index in [-0.39, 0.29) is 0 Å². The largest absolute Gasteiger partial charge is 0.397 e. The molecule has 0 aromatic heterocycles. The fraction of sp³-hybridized carbons (Fsp3) is 0.600. The van der Waals surface area contributed by atoms with E-state index < -0.39 is 0 Å². The number of anilines is 2. The van der Waals surface area contributed by atoms with Crippen molar-refractivity contribution < 1.29 is 0 Å². The van der Waals surface area contributed by atoms with E-state index in [0.717, 1.165) is 30.0 Å². The highest BCUT2D eigenvalue weighted by Gasteiger charge is 2.24. The maximum atomic E-state index is 6.17. The van der Waals surface area contributed by atoms with Gasteiger partial charge in [-0.2, -0.15) is 0 Å². The van der Waals surface area contributed by atoms with Crippen molar-refractivity contribution in [2.24, 2.45) is 0 Å². The van der Waals surface area contributed by atoms with Crippen LogP contribution in [0.1, 0.15) is 25.3 Å². The van der Waals surface area contributed by atoms with Gasteiger partial charge in [-0.05, 0) is 44.5 Å². The Balaban J connectivity index is 2.07. The molecule has 1 aromatic carbocycles. The second kappa shape index (κ2) is 5.61. The van der Waals surface area contributed by atoms with Gasteiger partial charge in [-0.15, -0.1) is 0 Å². The number of hydrogen-bond acceptors (Lipinski definition) is 3. The predicted molar refractivity (Wildman–Crippen MR) is 79.1 cm³/mol. The number of nitrogen functional groups attached to an aromatic ring is 1. The lowest BCUT2D eigenvalue weighted by molar-refractivity contribution is 0.270. The van der Waals surface area contributed by atoms with Crippen molar-refractivity contribution in [3.05, 3.63) is 23.8 Å². The molecule has 3 nitrogen and oxygen atoms in total. The Labute approximate surface area is 111 Å². The number of para-hydroxylation sites is 1. The summed E-state index contributed by atoms with van der Waals surface area (Å²) in [6.07, 6.45) is 2.64. The molecule has 0 amide bonds. The van der Waals surface area contributed by atoms with Gasteiger partial charge in [-0.3, -0.25) is 4.90 Å². The molecule has 1 aliphatic rings. The Hall–Kier alpha value is -1.22. The van der Waals surface area contributed by atoms with Crippen LogP contribution in [0.4, 0.5) is 11.4 Å². The molecule has 1 unspecified atom stereocenters. The Morgan fingerprint density at radius 1 is 1.44 bits per heavy atom. The Bertz CT molecular complexity index is 403. The molecule has 3 heteroatoms. The highest BCUT2D eigenvalue weighted by atomic mass is 15.2. The van der Waals surface area contributed by atoms with Gasteiger partial charge in [0.1, 0.15) is 0 Å². The van der Waals surface area contributed by atoms with E-state index in [0.29, 0.717) is 6.04 Å². The molecule has 0 radical (unpaired) electrons. The summed E-state index contributed by atoms with van der Waals surface area (Å²) in [6.45, 7) is 7.79. The molecule has 0 aliphatic carbocycles. The second-order valence-electron chi connectivity index (χ2n) is 5.31. The fourth-order valence-corrected chi connectivity index (χ4v) is 2.93. The topological polar surface area (TPSA) is 32.5 Å². The summed E-state index contributed by atoms with van der Waals surface area (Å²) in [5.74, 6) is 0. The third-order valence-electron chi connectivity index (χ3n) is 4.10. The van der Waals surface area contributed by atoms with Gasteiger partial charge in [0.25, 0.3) is 0 Å². The standard InChI is InChI=1S/C15H25N3/c1-4-18-10-6-8-13(18)11-17(3)14-9-5-7-12(2)15(14)16/h5,7,9,13H,4,6,8,10-11,16H2,1-3H3. The first-order valence-electron chi connectivity index (χ1n) is 6.93. The van der Waals surface area contributed by atoms with Crippen LogP contribution in [0.3, 0.4) is 0 Å². The zero-order valence-electron chi connectivity index (χ0n) is 11.8. The maximum absolute atomic E-state index is 6.17. The number of nitrogens with zero attached hydrogens (tertiary/aromatic N) is 2. The van der Waals surface area contributed by atoms with Gasteiger partial charge in [0.05, 0.1) is 11.4 Å². The van der Waals surface area contributed by atoms with Gasteiger partial charge >= 0.3 is 0 Å². The molecule has 2 N–H and O–H groups in total. The van der Waals surface area contributed by atoms with Crippen LogP contribution < -0.4 is 10.6 Å². The highest BCUT2D eigenvalue weighted by molar-refractivity contribution is 5.70. The molecular weight excluding hydrogens is 222 g/mol. The average molecular weight is 247 g/mol. The van der Waals surface area contributed by atoms with Crippen LogP contribution in [0.5, 0.6) is 0 Å². The first-order valence-corrected chi connectivity index (χ1v) is 6.93. The normalized spacial score (nSPS) is 20.3. The van der Waals surface area contributed by atoms with Gasteiger partial charge in [-0.25, -0.2) is 0 Å². The van der Waals surface area contributed by atoms with Crippen LogP contribution in [0.25, 0.3) is 0 Å². The molecule has 1 aliphatic heterocycles. The van der Waals surface area contributed by atoms with Crippen molar-refractivity contribution in [1.29, 1.82) is 0 Å². The molecule has 0 bridgehead atoms. The van der Waals surface area contributed by atoms with E-state index >= 15 is 0 Å². The minimum Gasteiger partial charge on any atom is -0.397 e. The molecule has 0 saturated carbocycles. The van der Waals surface area contributed by atoms with E-state index in [1.807, 2.05) is 0 Å². The summed E-state index contributed by atoms with van der Waals surface area (Å²) in [5.41, 5.74) is 9.42. The van der Waals surface area contributed by atoms with Crippen LogP contribution in [-0.2, 0) is 0 Å². The van der Waals surface area contributed by atoms with Crippen molar-refractivity contribution in [3.63, 3.8) is 0 Å². The van der Waals surface area contributed by atoms with Crippen molar-refractivity contribution in [2.45, 2.75) is 32.7 Å². The number of benzene rings is 1. The minimum absolute atomic E-state index is 0.680. The zero-order chi connectivity index (χ0) is 13.1. The summed E-state index contributed by atoms with van der Waals surface area (Å²) in [6, 6.07) is 6.96. The van der Waals surface area contributed by atoms with E-state index in [4.69, 9.17) is 5.73 Å². The number of hydrogen-bond donors (Lipinski definition) is 1. The molecule has 1 heterocycles. The number of aryl methyl sites for hydroxylation is 1. The van der Waals surface area contributed by atoms with Crippen molar-refractivity contribution >= 4 is 11.4 Å². The zero-order valence-corrected chi connectivity index (χ0v) is 11.8. The molecule has 100 valence electrons. The third-order valence-corrected chi connectivity index (χ3v) is 4.10. The molecule has 18 heavy (non-hydrogen) atoms. The molecule has 2 rings (SSSR count). The Morgan fingerprint density at radius 3 is 2.94 bits per heavy atom. The quantitative estimate of drug-likeness (QED) is 0.830. The van der Waals surface area contributed by atoms with E-state index in [1.54, 1.807) is 0 Å². The monoisotopic (exact) mass is 247 g/mol. The Kier molecular flexibility index (Phi) is 4.12. The van der Waals surface area contributed by atoms with Gasteiger partial charge in [0.15, 0.2) is 0 Å². The SMILES string of the molecule is CCN1CCCC1CN(C)c1cccc(C)c1N. The van der Waals surface area contributed by atoms with Crippen LogP contribution in [-0.4, -0.2) is 37.6 Å². The van der Waals surface area contributed by atoms with E-state index in [1.165, 1.54) is 19.4 Å². The van der Waals surface area contributed by atoms with Crippen LogP contribution in [0, 0.1) is 6.92 Å². The maximum Gasteiger partial charge on any atom is 0.0600 e. The molecule has 1 fully saturated rings. The van der Waals surface area contributed by atoms with Crippen LogP contribution >= 0.6 is 0 Å². The van der Waals surface area contributed by atoms with Crippen molar-refractivity contribution in [1.82, 2.24) is 4.90 Å². The first kappa shape index (κ1) is 13.2. The summed E-state index contributed by atoms with van der Waals surface area (Å²) in [7, 11) is 2.15. The number of likely N-dealkylation sites (tertiary alicyclic amines) is 1. The van der Waals surface area contributed by atoms with Gasteiger partial charge < -0.3 is 10.6 Å². The lowest BCUT2D eigenvalue weighted by Crippen LogP contribution is -2.39. The molecule has 0 spiro atoms. The minimum atomic E-state index is 0.680. The van der Waals surface area contributed by atoms with Gasteiger partial charge in [0, 0.05) is 19.6 Å². The lowest BCUT2D eigenvalue weighted by atomic mass is 10.1. The lowest BCUT2D eigenvalue weighted by Gasteiger charge is -2.30. The van der Waals surface area contributed by atoms with Gasteiger partial charge in [0.2, 0.25) is 0 Å². The van der Waals surface area contributed by atoms with E-state index in [2.05, 4.69) is 48.9 Å². The summed E-state index contributed by atoms with van der Waals surface area (Å²) in [5, 5.41) is 0. The van der Waals surface area contributed by atoms with Crippen molar-refractivity contribution in [3.8, 4) is 0 Å². The Morgan fingerprint density at radius 2 is 2.22 bits per heavy atom. The number of likely N-dealkylation sites (N-methyl/N-ethyl adjacent to an activating group) is 2. The smallest absolute Gasteiger partial charge is 0.0600 e. The summed E-state index contributed by atoms with van der Waals surface area (Å²) in [4.78, 5) is 4.88. The number of nitrogens with two attached hydrogens (primary N) is 1. The molecule has 1 saturated heterocycles. The van der Waals surface area contributed by atoms with Crippen LogP contribution in [0.15, 0.2) is 18.2 Å². The number of rotatable bonds is 4. The van der Waals surface area contributed by atoms with Crippen molar-refractivity contribution in [2.75, 3.05) is 37.3 Å². The second-order valence-corrected chi connectivity index (χ2v) is 5.31.